The number of guanidine groups is 1. The third kappa shape index (κ3) is 4.99. The lowest BCUT2D eigenvalue weighted by Gasteiger charge is -2.23. The zero-order chi connectivity index (χ0) is 20.6. The number of nitrogens with one attached hydrogen (secondary N) is 1. The van der Waals surface area contributed by atoms with Crippen LogP contribution in [0.3, 0.4) is 0 Å². The van der Waals surface area contributed by atoms with Crippen molar-refractivity contribution < 1.29 is 9.47 Å². The number of nitrogens with zero attached hydrogens (tertiary/aromatic N) is 4. The van der Waals surface area contributed by atoms with E-state index in [0.717, 1.165) is 48.0 Å². The van der Waals surface area contributed by atoms with Crippen LogP contribution in [0.4, 0.5) is 0 Å². The van der Waals surface area contributed by atoms with Crippen molar-refractivity contribution in [3.8, 4) is 11.5 Å². The highest BCUT2D eigenvalue weighted by atomic mass is 16.5. The van der Waals surface area contributed by atoms with Crippen molar-refractivity contribution in [3.63, 3.8) is 0 Å². The van der Waals surface area contributed by atoms with Gasteiger partial charge in [0.25, 0.3) is 0 Å². The molecule has 154 valence electrons. The van der Waals surface area contributed by atoms with Crippen LogP contribution in [0.2, 0.25) is 0 Å². The van der Waals surface area contributed by atoms with Gasteiger partial charge in [-0.25, -0.2) is 4.98 Å². The molecule has 0 bridgehead atoms. The summed E-state index contributed by atoms with van der Waals surface area (Å²) in [5, 5.41) is 3.44. The zero-order valence-corrected chi connectivity index (χ0v) is 17.6. The van der Waals surface area contributed by atoms with Gasteiger partial charge in [0.15, 0.2) is 5.96 Å². The second-order valence-electron chi connectivity index (χ2n) is 6.79. The number of methoxy groups -OCH3 is 2. The van der Waals surface area contributed by atoms with Crippen LogP contribution in [-0.4, -0.2) is 55.3 Å². The maximum Gasteiger partial charge on any atom is 0.193 e. The second kappa shape index (κ2) is 9.82. The molecule has 7 nitrogen and oxygen atoms in total. The summed E-state index contributed by atoms with van der Waals surface area (Å²) in [5.41, 5.74) is 3.27. The first-order valence-corrected chi connectivity index (χ1v) is 9.68. The number of imidazole rings is 1. The molecule has 0 atom stereocenters. The fourth-order valence-electron chi connectivity index (χ4n) is 3.34. The highest BCUT2D eigenvalue weighted by Gasteiger charge is 2.11. The minimum atomic E-state index is 0.680. The molecule has 29 heavy (non-hydrogen) atoms. The molecule has 0 radical (unpaired) electrons. The van der Waals surface area contributed by atoms with Crippen LogP contribution in [0, 0.1) is 0 Å². The Balaban J connectivity index is 1.53. The number of ether oxygens (including phenoxy) is 2. The average Bonchev–Trinajstić information content (AvgIpc) is 3.17. The number of para-hydroxylation sites is 2. The SMILES string of the molecule is CN=C(NCCCn1cnc2ccccc21)N(C)Cc1ccc(OC)cc1OC. The molecule has 1 aromatic heterocycles. The highest BCUT2D eigenvalue weighted by Crippen LogP contribution is 2.25. The van der Waals surface area contributed by atoms with Crippen molar-refractivity contribution in [2.24, 2.45) is 4.99 Å². The largest absolute Gasteiger partial charge is 0.497 e. The summed E-state index contributed by atoms with van der Waals surface area (Å²) in [5.74, 6) is 2.43. The summed E-state index contributed by atoms with van der Waals surface area (Å²) in [6.07, 6.45) is 2.88. The van der Waals surface area contributed by atoms with E-state index >= 15 is 0 Å². The van der Waals surface area contributed by atoms with E-state index in [-0.39, 0.29) is 0 Å². The number of aryl methyl sites for hydroxylation is 1. The van der Waals surface area contributed by atoms with Gasteiger partial charge in [-0.05, 0) is 30.7 Å². The summed E-state index contributed by atoms with van der Waals surface area (Å²) in [4.78, 5) is 10.9. The van der Waals surface area contributed by atoms with Gasteiger partial charge < -0.3 is 24.3 Å². The van der Waals surface area contributed by atoms with Crippen LogP contribution >= 0.6 is 0 Å². The van der Waals surface area contributed by atoms with Crippen molar-refractivity contribution in [1.29, 1.82) is 0 Å². The van der Waals surface area contributed by atoms with E-state index < -0.39 is 0 Å². The van der Waals surface area contributed by atoms with Crippen molar-refractivity contribution in [1.82, 2.24) is 19.8 Å². The normalized spacial score (nSPS) is 11.5. The van der Waals surface area contributed by atoms with Crippen LogP contribution < -0.4 is 14.8 Å². The molecule has 0 unspecified atom stereocenters. The standard InChI is InChI=1S/C22H29N5O2/c1-23-22(26(2)15-17-10-11-18(28-3)14-21(17)29-4)24-12-7-13-27-16-25-19-8-5-6-9-20(19)27/h5-6,8-11,14,16H,7,12-13,15H2,1-4H3,(H,23,24). The summed E-state index contributed by atoms with van der Waals surface area (Å²) >= 11 is 0. The Morgan fingerprint density at radius 1 is 1.17 bits per heavy atom. The third-order valence-corrected chi connectivity index (χ3v) is 4.86. The lowest BCUT2D eigenvalue weighted by Crippen LogP contribution is -2.39. The summed E-state index contributed by atoms with van der Waals surface area (Å²) in [6.45, 7) is 2.41. The lowest BCUT2D eigenvalue weighted by molar-refractivity contribution is 0.382. The van der Waals surface area contributed by atoms with Crippen molar-refractivity contribution >= 4 is 17.0 Å². The van der Waals surface area contributed by atoms with Gasteiger partial charge in [-0.3, -0.25) is 4.99 Å². The van der Waals surface area contributed by atoms with Gasteiger partial charge >= 0.3 is 0 Å². The van der Waals surface area contributed by atoms with Crippen LogP contribution in [0.1, 0.15) is 12.0 Å². The van der Waals surface area contributed by atoms with Crippen molar-refractivity contribution in [3.05, 3.63) is 54.4 Å². The molecule has 1 heterocycles. The van der Waals surface area contributed by atoms with Crippen LogP contribution in [0.15, 0.2) is 53.8 Å². The number of hydrogen-bond acceptors (Lipinski definition) is 4. The van der Waals surface area contributed by atoms with Gasteiger partial charge in [0.05, 0.1) is 31.6 Å². The van der Waals surface area contributed by atoms with Crippen molar-refractivity contribution in [2.45, 2.75) is 19.5 Å². The Morgan fingerprint density at radius 3 is 2.76 bits per heavy atom. The molecule has 0 aliphatic heterocycles. The van der Waals surface area contributed by atoms with E-state index in [1.54, 1.807) is 21.3 Å². The Labute approximate surface area is 172 Å². The monoisotopic (exact) mass is 395 g/mol. The molecular formula is C22H29N5O2. The predicted molar refractivity (Wildman–Crippen MR) is 117 cm³/mol. The number of hydrogen-bond donors (Lipinski definition) is 1. The predicted octanol–water partition coefficient (Wildman–Crippen LogP) is 3.15. The lowest BCUT2D eigenvalue weighted by atomic mass is 10.2. The molecule has 0 aliphatic carbocycles. The minimum absolute atomic E-state index is 0.680. The highest BCUT2D eigenvalue weighted by molar-refractivity contribution is 5.79. The molecule has 7 heteroatoms. The van der Waals surface area contributed by atoms with E-state index in [4.69, 9.17) is 9.47 Å². The van der Waals surface area contributed by atoms with Gasteiger partial charge in [0, 0.05) is 45.4 Å². The second-order valence-corrected chi connectivity index (χ2v) is 6.79. The Bertz CT molecular complexity index is 967. The first kappa shape index (κ1) is 20.5. The smallest absolute Gasteiger partial charge is 0.193 e. The number of aliphatic imine (C=N–C) groups is 1. The number of fused-ring (bicyclic) bond motifs is 1. The van der Waals surface area contributed by atoms with Gasteiger partial charge in [-0.1, -0.05) is 12.1 Å². The molecule has 1 N–H and O–H groups in total. The maximum absolute atomic E-state index is 5.50. The zero-order valence-electron chi connectivity index (χ0n) is 17.6. The topological polar surface area (TPSA) is 63.9 Å². The van der Waals surface area contributed by atoms with E-state index in [0.29, 0.717) is 6.54 Å². The minimum Gasteiger partial charge on any atom is -0.497 e. The number of benzene rings is 2. The molecule has 0 saturated carbocycles. The molecular weight excluding hydrogens is 366 g/mol. The molecule has 2 aromatic carbocycles. The van der Waals surface area contributed by atoms with E-state index in [9.17, 15) is 0 Å². The van der Waals surface area contributed by atoms with Gasteiger partial charge in [-0.2, -0.15) is 0 Å². The molecule has 3 aromatic rings. The molecule has 0 fully saturated rings. The summed E-state index contributed by atoms with van der Waals surface area (Å²) < 4.78 is 13.0. The third-order valence-electron chi connectivity index (χ3n) is 4.86. The number of rotatable bonds is 8. The van der Waals surface area contributed by atoms with Crippen LogP contribution in [-0.2, 0) is 13.1 Å². The molecule has 0 saturated heterocycles. The molecule has 0 aliphatic rings. The Morgan fingerprint density at radius 2 is 2.00 bits per heavy atom. The van der Waals surface area contributed by atoms with Gasteiger partial charge in [0.1, 0.15) is 11.5 Å². The Kier molecular flexibility index (Phi) is 6.94. The van der Waals surface area contributed by atoms with E-state index in [1.165, 1.54) is 5.52 Å². The quantitative estimate of drug-likeness (QED) is 0.361. The van der Waals surface area contributed by atoms with Crippen LogP contribution in [0.25, 0.3) is 11.0 Å². The molecule has 0 amide bonds. The fraction of sp³-hybridized carbons (Fsp3) is 0.364. The van der Waals surface area contributed by atoms with E-state index in [2.05, 4.69) is 30.8 Å². The maximum atomic E-state index is 5.50. The Hall–Kier alpha value is -3.22. The average molecular weight is 396 g/mol. The number of aromatic nitrogens is 2. The van der Waals surface area contributed by atoms with Crippen molar-refractivity contribution in [2.75, 3.05) is 34.9 Å². The fourth-order valence-corrected chi connectivity index (χ4v) is 3.34. The molecule has 3 rings (SSSR count). The summed E-state index contributed by atoms with van der Waals surface area (Å²) in [6, 6.07) is 14.1. The van der Waals surface area contributed by atoms with Crippen LogP contribution in [0.5, 0.6) is 11.5 Å². The molecule has 0 spiro atoms. The first-order valence-electron chi connectivity index (χ1n) is 9.68. The van der Waals surface area contributed by atoms with Gasteiger partial charge in [-0.15, -0.1) is 0 Å². The first-order chi connectivity index (χ1) is 14.2. The van der Waals surface area contributed by atoms with E-state index in [1.807, 2.05) is 49.8 Å². The van der Waals surface area contributed by atoms with Gasteiger partial charge in [0.2, 0.25) is 0 Å². The summed E-state index contributed by atoms with van der Waals surface area (Å²) in [7, 11) is 7.14.